The van der Waals surface area contributed by atoms with Crippen molar-refractivity contribution in [1.29, 1.82) is 0 Å². The van der Waals surface area contributed by atoms with Crippen molar-refractivity contribution < 1.29 is 9.90 Å². The molecule has 0 saturated heterocycles. The highest BCUT2D eigenvalue weighted by atomic mass is 16.4. The van der Waals surface area contributed by atoms with Gasteiger partial charge in [0.1, 0.15) is 5.82 Å². The number of anilines is 1. The summed E-state index contributed by atoms with van der Waals surface area (Å²) < 4.78 is 1.58. The number of aromatic nitrogens is 1. The van der Waals surface area contributed by atoms with E-state index in [-0.39, 0.29) is 11.1 Å². The Morgan fingerprint density at radius 3 is 2.79 bits per heavy atom. The van der Waals surface area contributed by atoms with Crippen molar-refractivity contribution in [2.45, 2.75) is 6.54 Å². The fraction of sp³-hybridized carbons (Fsp3) is 0.333. The van der Waals surface area contributed by atoms with Gasteiger partial charge in [0.15, 0.2) is 0 Å². The van der Waals surface area contributed by atoms with E-state index in [1.165, 1.54) is 6.07 Å². The molecule has 0 aliphatic carbocycles. The summed E-state index contributed by atoms with van der Waals surface area (Å²) in [5.74, 6) is -0.388. The highest BCUT2D eigenvalue weighted by Crippen LogP contribution is 2.17. The molecule has 1 N–H and O–H groups in total. The number of nitrogens with zero attached hydrogens (tertiary/aromatic N) is 2. The molecule has 74 valence electrons. The van der Waals surface area contributed by atoms with Crippen LogP contribution in [-0.4, -0.2) is 29.2 Å². The number of aromatic carboxylic acids is 1. The van der Waals surface area contributed by atoms with Gasteiger partial charge in [0, 0.05) is 26.2 Å². The summed E-state index contributed by atoms with van der Waals surface area (Å²) in [4.78, 5) is 24.0. The second-order valence-electron chi connectivity index (χ2n) is 3.32. The molecule has 0 fully saturated rings. The smallest absolute Gasteiger partial charge is 0.336 e. The SMILES string of the molecule is CN1CCn2c1cc(C(=O)O)cc2=O. The average molecular weight is 194 g/mol. The van der Waals surface area contributed by atoms with Crippen LogP contribution in [0.1, 0.15) is 10.4 Å². The molecule has 0 aromatic carbocycles. The van der Waals surface area contributed by atoms with Gasteiger partial charge in [-0.05, 0) is 6.07 Å². The van der Waals surface area contributed by atoms with Gasteiger partial charge in [-0.25, -0.2) is 4.79 Å². The molecular weight excluding hydrogens is 184 g/mol. The Balaban J connectivity index is 2.64. The van der Waals surface area contributed by atoms with Crippen LogP contribution in [0.25, 0.3) is 0 Å². The quantitative estimate of drug-likeness (QED) is 0.683. The number of carboxylic acids is 1. The molecule has 0 unspecified atom stereocenters. The third-order valence-corrected chi connectivity index (χ3v) is 2.40. The largest absolute Gasteiger partial charge is 0.478 e. The minimum absolute atomic E-state index is 0.0509. The summed E-state index contributed by atoms with van der Waals surface area (Å²) in [5.41, 5.74) is -0.195. The zero-order valence-electron chi connectivity index (χ0n) is 7.73. The van der Waals surface area contributed by atoms with Crippen molar-refractivity contribution in [3.05, 3.63) is 28.0 Å². The summed E-state index contributed by atoms with van der Waals surface area (Å²) in [6.07, 6.45) is 0. The van der Waals surface area contributed by atoms with E-state index in [1.54, 1.807) is 4.57 Å². The number of pyridine rings is 1. The Bertz CT molecular complexity index is 450. The van der Waals surface area contributed by atoms with Gasteiger partial charge in [0.2, 0.25) is 0 Å². The first-order valence-corrected chi connectivity index (χ1v) is 4.29. The van der Waals surface area contributed by atoms with Crippen LogP contribution < -0.4 is 10.5 Å². The highest BCUT2D eigenvalue weighted by Gasteiger charge is 2.18. The third-order valence-electron chi connectivity index (χ3n) is 2.40. The zero-order valence-corrected chi connectivity index (χ0v) is 7.73. The minimum atomic E-state index is -1.06. The Labute approximate surface area is 80.2 Å². The van der Waals surface area contributed by atoms with E-state index in [0.717, 1.165) is 12.6 Å². The number of carbonyl (C=O) groups is 1. The van der Waals surface area contributed by atoms with E-state index in [9.17, 15) is 9.59 Å². The molecule has 1 aliphatic rings. The number of fused-ring (bicyclic) bond motifs is 1. The van der Waals surface area contributed by atoms with E-state index in [1.807, 2.05) is 11.9 Å². The topological polar surface area (TPSA) is 62.5 Å². The van der Waals surface area contributed by atoms with Crippen LogP contribution in [-0.2, 0) is 6.54 Å². The summed E-state index contributed by atoms with van der Waals surface area (Å²) in [6.45, 7) is 1.38. The van der Waals surface area contributed by atoms with Crippen LogP contribution in [0.3, 0.4) is 0 Å². The molecule has 0 amide bonds. The van der Waals surface area contributed by atoms with Gasteiger partial charge in [-0.15, -0.1) is 0 Å². The van der Waals surface area contributed by atoms with E-state index >= 15 is 0 Å². The Morgan fingerprint density at radius 1 is 1.43 bits per heavy atom. The summed E-state index contributed by atoms with van der Waals surface area (Å²) >= 11 is 0. The molecule has 0 radical (unpaired) electrons. The Kier molecular flexibility index (Phi) is 1.80. The van der Waals surface area contributed by atoms with E-state index in [2.05, 4.69) is 0 Å². The van der Waals surface area contributed by atoms with Crippen molar-refractivity contribution in [3.63, 3.8) is 0 Å². The van der Waals surface area contributed by atoms with Gasteiger partial charge >= 0.3 is 5.97 Å². The molecule has 5 nitrogen and oxygen atoms in total. The standard InChI is InChI=1S/C9H10N2O3/c1-10-2-3-11-7(10)4-6(9(13)14)5-8(11)12/h4-5H,2-3H2,1H3,(H,13,14). The minimum Gasteiger partial charge on any atom is -0.478 e. The van der Waals surface area contributed by atoms with Crippen molar-refractivity contribution in [2.24, 2.45) is 0 Å². The van der Waals surface area contributed by atoms with Gasteiger partial charge in [0.05, 0.1) is 5.56 Å². The van der Waals surface area contributed by atoms with Crippen LogP contribution in [0.2, 0.25) is 0 Å². The third kappa shape index (κ3) is 1.17. The first-order chi connectivity index (χ1) is 6.59. The molecule has 1 aromatic rings. The first kappa shape index (κ1) is 8.80. The molecule has 14 heavy (non-hydrogen) atoms. The molecule has 0 saturated carbocycles. The van der Waals surface area contributed by atoms with Crippen LogP contribution >= 0.6 is 0 Å². The van der Waals surface area contributed by atoms with E-state index in [4.69, 9.17) is 5.11 Å². The Hall–Kier alpha value is -1.78. The molecule has 1 aromatic heterocycles. The molecule has 0 spiro atoms. The molecule has 2 rings (SSSR count). The number of hydrogen-bond acceptors (Lipinski definition) is 3. The van der Waals surface area contributed by atoms with E-state index in [0.29, 0.717) is 12.4 Å². The van der Waals surface area contributed by atoms with Gasteiger partial charge in [-0.2, -0.15) is 0 Å². The molecule has 0 atom stereocenters. The lowest BCUT2D eigenvalue weighted by molar-refractivity contribution is 0.0696. The molecule has 0 bridgehead atoms. The zero-order chi connectivity index (χ0) is 10.3. The second-order valence-corrected chi connectivity index (χ2v) is 3.32. The molecule has 2 heterocycles. The average Bonchev–Trinajstić information content (AvgIpc) is 2.48. The lowest BCUT2D eigenvalue weighted by atomic mass is 10.2. The number of carboxylic acid groups (broad SMARTS) is 1. The van der Waals surface area contributed by atoms with Gasteiger partial charge in [-0.1, -0.05) is 0 Å². The summed E-state index contributed by atoms with van der Waals surface area (Å²) in [7, 11) is 1.84. The van der Waals surface area contributed by atoms with Crippen molar-refractivity contribution >= 4 is 11.8 Å². The second kappa shape index (κ2) is 2.87. The van der Waals surface area contributed by atoms with E-state index < -0.39 is 5.97 Å². The van der Waals surface area contributed by atoms with Crippen LogP contribution in [0.5, 0.6) is 0 Å². The fourth-order valence-electron chi connectivity index (χ4n) is 1.61. The highest BCUT2D eigenvalue weighted by molar-refractivity contribution is 5.88. The van der Waals surface area contributed by atoms with Crippen LogP contribution in [0.4, 0.5) is 5.82 Å². The lowest BCUT2D eigenvalue weighted by Gasteiger charge is -2.10. The number of rotatable bonds is 1. The maximum atomic E-state index is 11.5. The van der Waals surface area contributed by atoms with Gasteiger partial charge in [0.25, 0.3) is 5.56 Å². The van der Waals surface area contributed by atoms with Crippen LogP contribution in [0, 0.1) is 0 Å². The fourth-order valence-corrected chi connectivity index (χ4v) is 1.61. The summed E-state index contributed by atoms with van der Waals surface area (Å²) in [5, 5.41) is 8.76. The molecule has 5 heteroatoms. The normalized spacial score (nSPS) is 14.2. The number of hydrogen-bond donors (Lipinski definition) is 1. The summed E-state index contributed by atoms with van der Waals surface area (Å²) in [6, 6.07) is 2.68. The molecular formula is C9H10N2O3. The lowest BCUT2D eigenvalue weighted by Crippen LogP contribution is -2.19. The van der Waals surface area contributed by atoms with Crippen LogP contribution in [0.15, 0.2) is 16.9 Å². The van der Waals surface area contributed by atoms with Crippen molar-refractivity contribution in [2.75, 3.05) is 18.5 Å². The predicted molar refractivity (Wildman–Crippen MR) is 50.9 cm³/mol. The predicted octanol–water partition coefficient (Wildman–Crippen LogP) is -0.00370. The molecule has 1 aliphatic heterocycles. The van der Waals surface area contributed by atoms with Crippen molar-refractivity contribution in [1.82, 2.24) is 4.57 Å². The first-order valence-electron chi connectivity index (χ1n) is 4.29. The Morgan fingerprint density at radius 2 is 2.14 bits per heavy atom. The maximum absolute atomic E-state index is 11.5. The monoisotopic (exact) mass is 194 g/mol. The van der Waals surface area contributed by atoms with Crippen molar-refractivity contribution in [3.8, 4) is 0 Å². The van der Waals surface area contributed by atoms with Gasteiger partial charge in [-0.3, -0.25) is 9.36 Å². The van der Waals surface area contributed by atoms with Gasteiger partial charge < -0.3 is 10.0 Å². The number of likely N-dealkylation sites (N-methyl/N-ethyl adjacent to an activating group) is 1. The maximum Gasteiger partial charge on any atom is 0.336 e.